The normalized spacial score (nSPS) is 10.4. The van der Waals surface area contributed by atoms with E-state index in [0.29, 0.717) is 29.5 Å². The number of aryl methyl sites for hydroxylation is 1. The fourth-order valence-electron chi connectivity index (χ4n) is 3.27. The van der Waals surface area contributed by atoms with Crippen LogP contribution in [0.3, 0.4) is 0 Å². The van der Waals surface area contributed by atoms with E-state index < -0.39 is 0 Å². The predicted octanol–water partition coefficient (Wildman–Crippen LogP) is 4.19. The molecule has 0 saturated carbocycles. The molecular weight excluding hydrogens is 382 g/mol. The highest BCUT2D eigenvalue weighted by molar-refractivity contribution is 5.90. The zero-order chi connectivity index (χ0) is 21.5. The first-order chi connectivity index (χ1) is 14.5. The Morgan fingerprint density at radius 1 is 0.967 bits per heavy atom. The second kappa shape index (κ2) is 9.73. The van der Waals surface area contributed by atoms with Crippen LogP contribution in [0, 0.1) is 6.92 Å². The summed E-state index contributed by atoms with van der Waals surface area (Å²) in [6.07, 6.45) is 2.01. The summed E-state index contributed by atoms with van der Waals surface area (Å²) in [7, 11) is 4.60. The smallest absolute Gasteiger partial charge is 0.319 e. The van der Waals surface area contributed by atoms with Gasteiger partial charge in [-0.05, 0) is 24.6 Å². The van der Waals surface area contributed by atoms with Gasteiger partial charge in [-0.15, -0.1) is 0 Å². The number of rotatable bonds is 8. The van der Waals surface area contributed by atoms with E-state index in [9.17, 15) is 4.79 Å². The van der Waals surface area contributed by atoms with Crippen LogP contribution in [0.5, 0.6) is 17.2 Å². The topological polar surface area (TPSA) is 73.8 Å². The number of aromatic nitrogens is 1. The average Bonchev–Trinajstić information content (AvgIpc) is 3.18. The summed E-state index contributed by atoms with van der Waals surface area (Å²) in [6.45, 7) is 3.23. The quantitative estimate of drug-likeness (QED) is 0.585. The van der Waals surface area contributed by atoms with Crippen molar-refractivity contribution in [1.29, 1.82) is 0 Å². The number of hydrogen-bond donors (Lipinski definition) is 2. The van der Waals surface area contributed by atoms with Gasteiger partial charge in [0.05, 0.1) is 33.6 Å². The lowest BCUT2D eigenvalue weighted by molar-refractivity contribution is 0.251. The summed E-state index contributed by atoms with van der Waals surface area (Å²) in [5.74, 6) is 1.42. The summed E-state index contributed by atoms with van der Waals surface area (Å²) in [5.41, 5.74) is 3.99. The number of carbonyl (C=O) groups is 1. The molecule has 0 saturated heterocycles. The molecule has 1 aromatic heterocycles. The zero-order valence-corrected chi connectivity index (χ0v) is 17.7. The largest absolute Gasteiger partial charge is 0.493 e. The van der Waals surface area contributed by atoms with Crippen LogP contribution >= 0.6 is 0 Å². The Morgan fingerprint density at radius 2 is 1.70 bits per heavy atom. The summed E-state index contributed by atoms with van der Waals surface area (Å²) < 4.78 is 18.1. The lowest BCUT2D eigenvalue weighted by Crippen LogP contribution is -2.29. The Balaban J connectivity index is 1.64. The van der Waals surface area contributed by atoms with E-state index in [4.69, 9.17) is 14.2 Å². The number of hydrogen-bond acceptors (Lipinski definition) is 4. The minimum Gasteiger partial charge on any atom is -0.493 e. The van der Waals surface area contributed by atoms with Crippen molar-refractivity contribution >= 4 is 11.7 Å². The first-order valence-electron chi connectivity index (χ1n) is 9.58. The Morgan fingerprint density at radius 3 is 2.33 bits per heavy atom. The third-order valence-electron chi connectivity index (χ3n) is 4.71. The van der Waals surface area contributed by atoms with Gasteiger partial charge >= 0.3 is 6.03 Å². The Bertz CT molecular complexity index is 988. The standard InChI is InChI=1S/C23H27N3O4/c1-16-7-5-8-17(11-16)15-26-10-6-9-19(26)14-24-23(27)25-18-12-20(28-2)22(30-4)21(13-18)29-3/h5-13H,14-15H2,1-4H3,(H2,24,25,27). The molecule has 7 heteroatoms. The zero-order valence-electron chi connectivity index (χ0n) is 17.7. The van der Waals surface area contributed by atoms with Crippen molar-refractivity contribution in [3.8, 4) is 17.2 Å². The Kier molecular flexibility index (Phi) is 6.85. The van der Waals surface area contributed by atoms with Crippen LogP contribution in [0.2, 0.25) is 0 Å². The van der Waals surface area contributed by atoms with Gasteiger partial charge in [-0.25, -0.2) is 4.79 Å². The van der Waals surface area contributed by atoms with Crippen molar-refractivity contribution in [2.75, 3.05) is 26.6 Å². The third kappa shape index (κ3) is 5.05. The molecule has 30 heavy (non-hydrogen) atoms. The molecule has 0 atom stereocenters. The van der Waals surface area contributed by atoms with Gasteiger partial charge in [0.2, 0.25) is 5.75 Å². The maximum Gasteiger partial charge on any atom is 0.319 e. The van der Waals surface area contributed by atoms with Gasteiger partial charge in [0, 0.05) is 30.6 Å². The molecule has 0 aliphatic carbocycles. The summed E-state index contributed by atoms with van der Waals surface area (Å²) in [5, 5.41) is 5.70. The number of ether oxygens (including phenoxy) is 3. The van der Waals surface area contributed by atoms with Gasteiger partial charge in [-0.2, -0.15) is 0 Å². The number of urea groups is 1. The molecular formula is C23H27N3O4. The molecule has 0 aliphatic rings. The molecule has 2 amide bonds. The number of amides is 2. The summed E-state index contributed by atoms with van der Waals surface area (Å²) in [6, 6.07) is 15.4. The lowest BCUT2D eigenvalue weighted by atomic mass is 10.1. The van der Waals surface area contributed by atoms with Crippen LogP contribution in [0.4, 0.5) is 10.5 Å². The number of nitrogens with one attached hydrogen (secondary N) is 2. The van der Waals surface area contributed by atoms with E-state index in [-0.39, 0.29) is 6.03 Å². The lowest BCUT2D eigenvalue weighted by Gasteiger charge is -2.15. The van der Waals surface area contributed by atoms with E-state index in [1.807, 2.05) is 18.3 Å². The van der Waals surface area contributed by atoms with Crippen LogP contribution in [0.1, 0.15) is 16.8 Å². The maximum absolute atomic E-state index is 12.4. The van der Waals surface area contributed by atoms with E-state index in [1.54, 1.807) is 12.1 Å². The first kappa shape index (κ1) is 21.1. The molecule has 0 fully saturated rings. The molecule has 0 unspecified atom stereocenters. The molecule has 2 N–H and O–H groups in total. The SMILES string of the molecule is COc1cc(NC(=O)NCc2cccn2Cc2cccc(C)c2)cc(OC)c1OC. The van der Waals surface area contributed by atoms with Crippen molar-refractivity contribution in [1.82, 2.24) is 9.88 Å². The third-order valence-corrected chi connectivity index (χ3v) is 4.71. The highest BCUT2D eigenvalue weighted by Gasteiger charge is 2.14. The van der Waals surface area contributed by atoms with E-state index >= 15 is 0 Å². The van der Waals surface area contributed by atoms with Gasteiger partial charge in [0.15, 0.2) is 11.5 Å². The van der Waals surface area contributed by atoms with Crippen LogP contribution in [-0.2, 0) is 13.1 Å². The summed E-state index contributed by atoms with van der Waals surface area (Å²) >= 11 is 0. The molecule has 0 bridgehead atoms. The van der Waals surface area contributed by atoms with Crippen molar-refractivity contribution in [3.05, 3.63) is 71.5 Å². The van der Waals surface area contributed by atoms with Gasteiger partial charge in [0.1, 0.15) is 0 Å². The molecule has 0 spiro atoms. The number of benzene rings is 2. The van der Waals surface area contributed by atoms with Crippen LogP contribution in [-0.4, -0.2) is 31.9 Å². The van der Waals surface area contributed by atoms with Crippen molar-refractivity contribution in [2.45, 2.75) is 20.0 Å². The highest BCUT2D eigenvalue weighted by Crippen LogP contribution is 2.39. The molecule has 158 valence electrons. The van der Waals surface area contributed by atoms with Crippen molar-refractivity contribution < 1.29 is 19.0 Å². The first-order valence-corrected chi connectivity index (χ1v) is 9.58. The predicted molar refractivity (Wildman–Crippen MR) is 117 cm³/mol. The Hall–Kier alpha value is -3.61. The van der Waals surface area contributed by atoms with Crippen molar-refractivity contribution in [2.24, 2.45) is 0 Å². The van der Waals surface area contributed by atoms with Crippen LogP contribution < -0.4 is 24.8 Å². The fourth-order valence-corrected chi connectivity index (χ4v) is 3.27. The molecule has 0 aliphatic heterocycles. The number of methoxy groups -OCH3 is 3. The van der Waals surface area contributed by atoms with E-state index in [1.165, 1.54) is 32.5 Å². The van der Waals surface area contributed by atoms with Crippen molar-refractivity contribution in [3.63, 3.8) is 0 Å². The second-order valence-corrected chi connectivity index (χ2v) is 6.84. The average molecular weight is 409 g/mol. The highest BCUT2D eigenvalue weighted by atomic mass is 16.5. The van der Waals surface area contributed by atoms with Gasteiger partial charge in [-0.1, -0.05) is 29.8 Å². The van der Waals surface area contributed by atoms with E-state index in [2.05, 4.69) is 46.4 Å². The summed E-state index contributed by atoms with van der Waals surface area (Å²) in [4.78, 5) is 12.4. The molecule has 7 nitrogen and oxygen atoms in total. The van der Waals surface area contributed by atoms with Crippen LogP contribution in [0.25, 0.3) is 0 Å². The fraction of sp³-hybridized carbons (Fsp3) is 0.261. The van der Waals surface area contributed by atoms with Crippen LogP contribution in [0.15, 0.2) is 54.7 Å². The molecule has 3 rings (SSSR count). The monoisotopic (exact) mass is 409 g/mol. The molecule has 3 aromatic rings. The molecule has 0 radical (unpaired) electrons. The number of anilines is 1. The number of carbonyl (C=O) groups excluding carboxylic acids is 1. The van der Waals surface area contributed by atoms with E-state index in [0.717, 1.165) is 12.2 Å². The van der Waals surface area contributed by atoms with Gasteiger partial charge in [-0.3, -0.25) is 0 Å². The molecule has 2 aromatic carbocycles. The maximum atomic E-state index is 12.4. The minimum atomic E-state index is -0.326. The van der Waals surface area contributed by atoms with Gasteiger partial charge < -0.3 is 29.4 Å². The minimum absolute atomic E-state index is 0.326. The number of nitrogens with zero attached hydrogens (tertiary/aromatic N) is 1. The molecule has 1 heterocycles. The second-order valence-electron chi connectivity index (χ2n) is 6.84. The van der Waals surface area contributed by atoms with Gasteiger partial charge in [0.25, 0.3) is 0 Å². The Labute approximate surface area is 176 Å².